The molecule has 1 spiro atoms. The van der Waals surface area contributed by atoms with E-state index in [1.54, 1.807) is 0 Å². The molecule has 3 rings (SSSR count). The predicted molar refractivity (Wildman–Crippen MR) is 77.5 cm³/mol. The summed E-state index contributed by atoms with van der Waals surface area (Å²) >= 11 is 6.27. The van der Waals surface area contributed by atoms with Crippen LogP contribution in [0.1, 0.15) is 25.3 Å². The molecule has 1 aromatic carbocycles. The van der Waals surface area contributed by atoms with Crippen molar-refractivity contribution in [2.24, 2.45) is 5.41 Å². The van der Waals surface area contributed by atoms with Crippen LogP contribution < -0.4 is 10.2 Å². The van der Waals surface area contributed by atoms with Gasteiger partial charge >= 0.3 is 0 Å². The quantitative estimate of drug-likeness (QED) is 0.838. The van der Waals surface area contributed by atoms with Crippen molar-refractivity contribution in [1.82, 2.24) is 5.32 Å². The average molecular weight is 265 g/mol. The summed E-state index contributed by atoms with van der Waals surface area (Å²) in [5, 5.41) is 4.49. The van der Waals surface area contributed by atoms with Crippen LogP contribution in [-0.4, -0.2) is 25.7 Å². The molecule has 1 atom stereocenters. The number of anilines is 1. The Hall–Kier alpha value is -0.730. The number of rotatable bonds is 1. The standard InChI is InChI=1S/C15H21ClN2/c1-11-8-17-9-15(6-7-15)10-18(11)14-5-3-4-13(16)12(14)2/h3-5,11,17H,6-10H2,1-2H3. The second-order valence-corrected chi connectivity index (χ2v) is 6.40. The normalized spacial score (nSPS) is 26.2. The van der Waals surface area contributed by atoms with E-state index in [1.165, 1.54) is 37.2 Å². The van der Waals surface area contributed by atoms with Gasteiger partial charge in [0.1, 0.15) is 0 Å². The van der Waals surface area contributed by atoms with Gasteiger partial charge in [-0.05, 0) is 44.4 Å². The lowest BCUT2D eigenvalue weighted by Gasteiger charge is -2.32. The molecule has 1 aromatic rings. The fraction of sp³-hybridized carbons (Fsp3) is 0.600. The first kappa shape index (κ1) is 12.3. The zero-order valence-electron chi connectivity index (χ0n) is 11.2. The first-order valence-electron chi connectivity index (χ1n) is 6.84. The van der Waals surface area contributed by atoms with Gasteiger partial charge in [-0.15, -0.1) is 0 Å². The Labute approximate surface area is 114 Å². The average Bonchev–Trinajstić information content (AvgIpc) is 3.12. The topological polar surface area (TPSA) is 15.3 Å². The highest BCUT2D eigenvalue weighted by atomic mass is 35.5. The lowest BCUT2D eigenvalue weighted by Crippen LogP contribution is -2.38. The lowest BCUT2D eigenvalue weighted by atomic mass is 10.1. The minimum atomic E-state index is 0.527. The van der Waals surface area contributed by atoms with Gasteiger partial charge in [0.15, 0.2) is 0 Å². The fourth-order valence-corrected chi connectivity index (χ4v) is 3.14. The molecule has 2 aliphatic rings. The maximum absolute atomic E-state index is 6.27. The maximum atomic E-state index is 6.27. The van der Waals surface area contributed by atoms with Crippen LogP contribution in [0.2, 0.25) is 5.02 Å². The van der Waals surface area contributed by atoms with Gasteiger partial charge in [0, 0.05) is 41.8 Å². The molecular formula is C15H21ClN2. The Morgan fingerprint density at radius 2 is 2.17 bits per heavy atom. The first-order valence-corrected chi connectivity index (χ1v) is 7.22. The van der Waals surface area contributed by atoms with Crippen molar-refractivity contribution >= 4 is 17.3 Å². The van der Waals surface area contributed by atoms with Gasteiger partial charge in [-0.1, -0.05) is 17.7 Å². The van der Waals surface area contributed by atoms with Crippen molar-refractivity contribution in [3.63, 3.8) is 0 Å². The number of nitrogens with one attached hydrogen (secondary N) is 1. The van der Waals surface area contributed by atoms with Crippen LogP contribution in [0.15, 0.2) is 18.2 Å². The number of halogens is 1. The molecule has 1 N–H and O–H groups in total. The summed E-state index contributed by atoms with van der Waals surface area (Å²) in [5.74, 6) is 0. The summed E-state index contributed by atoms with van der Waals surface area (Å²) in [6, 6.07) is 6.78. The summed E-state index contributed by atoms with van der Waals surface area (Å²) in [7, 11) is 0. The molecular weight excluding hydrogens is 244 g/mol. The SMILES string of the molecule is Cc1c(Cl)cccc1N1CC2(CC2)CNCC1C. The molecule has 18 heavy (non-hydrogen) atoms. The van der Waals surface area contributed by atoms with Crippen molar-refractivity contribution in [2.45, 2.75) is 32.7 Å². The van der Waals surface area contributed by atoms with Gasteiger partial charge in [-0.25, -0.2) is 0 Å². The second kappa shape index (κ2) is 4.43. The summed E-state index contributed by atoms with van der Waals surface area (Å²) in [6.45, 7) is 7.83. The van der Waals surface area contributed by atoms with Gasteiger partial charge < -0.3 is 10.2 Å². The molecule has 1 aliphatic heterocycles. The van der Waals surface area contributed by atoms with E-state index in [-0.39, 0.29) is 0 Å². The van der Waals surface area contributed by atoms with Gasteiger partial charge in [-0.3, -0.25) is 0 Å². The minimum Gasteiger partial charge on any atom is -0.367 e. The van der Waals surface area contributed by atoms with E-state index in [0.717, 1.165) is 11.6 Å². The Morgan fingerprint density at radius 3 is 2.89 bits per heavy atom. The van der Waals surface area contributed by atoms with Crippen LogP contribution in [0.4, 0.5) is 5.69 Å². The Kier molecular flexibility index (Phi) is 3.03. The molecule has 98 valence electrons. The summed E-state index contributed by atoms with van der Waals surface area (Å²) in [5.41, 5.74) is 3.05. The molecule has 0 amide bonds. The number of nitrogens with zero attached hydrogens (tertiary/aromatic N) is 1. The number of benzene rings is 1. The largest absolute Gasteiger partial charge is 0.367 e. The molecule has 1 aliphatic carbocycles. The van der Waals surface area contributed by atoms with Crippen molar-refractivity contribution in [3.05, 3.63) is 28.8 Å². The van der Waals surface area contributed by atoms with Crippen LogP contribution in [0.5, 0.6) is 0 Å². The highest BCUT2D eigenvalue weighted by Crippen LogP contribution is 2.47. The third kappa shape index (κ3) is 2.12. The van der Waals surface area contributed by atoms with Gasteiger partial charge in [0.05, 0.1) is 0 Å². The summed E-state index contributed by atoms with van der Waals surface area (Å²) in [4.78, 5) is 2.55. The smallest absolute Gasteiger partial charge is 0.0455 e. The molecule has 0 bridgehead atoms. The van der Waals surface area contributed by atoms with E-state index in [9.17, 15) is 0 Å². The predicted octanol–water partition coefficient (Wildman–Crippen LogP) is 3.23. The minimum absolute atomic E-state index is 0.527. The molecule has 1 saturated carbocycles. The van der Waals surface area contributed by atoms with Crippen LogP contribution in [0.3, 0.4) is 0 Å². The van der Waals surface area contributed by atoms with E-state index < -0.39 is 0 Å². The van der Waals surface area contributed by atoms with E-state index in [4.69, 9.17) is 11.6 Å². The monoisotopic (exact) mass is 264 g/mol. The lowest BCUT2D eigenvalue weighted by molar-refractivity contribution is 0.500. The molecule has 1 unspecified atom stereocenters. The molecule has 0 radical (unpaired) electrons. The number of hydrogen-bond donors (Lipinski definition) is 1. The molecule has 2 fully saturated rings. The fourth-order valence-electron chi connectivity index (χ4n) is 2.97. The highest BCUT2D eigenvalue weighted by Gasteiger charge is 2.45. The molecule has 1 saturated heterocycles. The zero-order chi connectivity index (χ0) is 12.8. The zero-order valence-corrected chi connectivity index (χ0v) is 11.9. The van der Waals surface area contributed by atoms with E-state index in [0.29, 0.717) is 11.5 Å². The summed E-state index contributed by atoms with van der Waals surface area (Å²) in [6.07, 6.45) is 2.73. The Balaban J connectivity index is 1.94. The van der Waals surface area contributed by atoms with E-state index in [1.807, 2.05) is 6.07 Å². The second-order valence-electron chi connectivity index (χ2n) is 5.99. The van der Waals surface area contributed by atoms with Crippen LogP contribution >= 0.6 is 11.6 Å². The van der Waals surface area contributed by atoms with E-state index in [2.05, 4.69) is 36.2 Å². The van der Waals surface area contributed by atoms with Crippen LogP contribution in [0, 0.1) is 12.3 Å². The van der Waals surface area contributed by atoms with Crippen LogP contribution in [0.25, 0.3) is 0 Å². The van der Waals surface area contributed by atoms with Crippen molar-refractivity contribution in [3.8, 4) is 0 Å². The Morgan fingerprint density at radius 1 is 1.39 bits per heavy atom. The molecule has 0 aromatic heterocycles. The summed E-state index contributed by atoms with van der Waals surface area (Å²) < 4.78 is 0. The molecule has 3 heteroatoms. The van der Waals surface area contributed by atoms with Gasteiger partial charge in [-0.2, -0.15) is 0 Å². The first-order chi connectivity index (χ1) is 8.61. The molecule has 2 nitrogen and oxygen atoms in total. The Bertz CT molecular complexity index is 454. The maximum Gasteiger partial charge on any atom is 0.0455 e. The van der Waals surface area contributed by atoms with Gasteiger partial charge in [0.25, 0.3) is 0 Å². The highest BCUT2D eigenvalue weighted by molar-refractivity contribution is 6.31. The third-order valence-electron chi connectivity index (χ3n) is 4.48. The van der Waals surface area contributed by atoms with Crippen molar-refractivity contribution < 1.29 is 0 Å². The third-order valence-corrected chi connectivity index (χ3v) is 4.89. The number of hydrogen-bond acceptors (Lipinski definition) is 2. The van der Waals surface area contributed by atoms with Gasteiger partial charge in [0.2, 0.25) is 0 Å². The molecule has 1 heterocycles. The van der Waals surface area contributed by atoms with Crippen molar-refractivity contribution in [1.29, 1.82) is 0 Å². The van der Waals surface area contributed by atoms with Crippen LogP contribution in [-0.2, 0) is 0 Å². The van der Waals surface area contributed by atoms with Crippen molar-refractivity contribution in [2.75, 3.05) is 24.5 Å². The van der Waals surface area contributed by atoms with E-state index >= 15 is 0 Å².